The standard InChI is InChI=1S/C18H17N5O/c1-13-18(24)22(11-14-6-3-2-4-7-14)12-16-20-21-17(23(13)16)15-8-5-9-19-10-15/h2-10,13H,11-12H2,1H3/t13-/m1/s1. The van der Waals surface area contributed by atoms with E-state index < -0.39 is 0 Å². The van der Waals surface area contributed by atoms with Crippen LogP contribution < -0.4 is 0 Å². The fourth-order valence-electron chi connectivity index (χ4n) is 3.09. The summed E-state index contributed by atoms with van der Waals surface area (Å²) in [6.45, 7) is 2.94. The Morgan fingerprint density at radius 3 is 2.71 bits per heavy atom. The van der Waals surface area contributed by atoms with Gasteiger partial charge in [0.15, 0.2) is 11.6 Å². The SMILES string of the molecule is C[C@@H]1C(=O)N(Cc2ccccc2)Cc2nnc(-c3cccnc3)n21. The molecular formula is C18H17N5O. The quantitative estimate of drug-likeness (QED) is 0.744. The summed E-state index contributed by atoms with van der Waals surface area (Å²) in [6, 6.07) is 13.4. The molecule has 0 aliphatic carbocycles. The molecule has 24 heavy (non-hydrogen) atoms. The summed E-state index contributed by atoms with van der Waals surface area (Å²) in [5, 5.41) is 8.59. The first-order valence-corrected chi connectivity index (χ1v) is 7.91. The zero-order valence-electron chi connectivity index (χ0n) is 13.3. The first-order valence-electron chi connectivity index (χ1n) is 7.91. The Morgan fingerprint density at radius 1 is 1.12 bits per heavy atom. The van der Waals surface area contributed by atoms with Crippen molar-refractivity contribution in [1.82, 2.24) is 24.6 Å². The van der Waals surface area contributed by atoms with Gasteiger partial charge >= 0.3 is 0 Å². The Hall–Kier alpha value is -3.02. The van der Waals surface area contributed by atoms with E-state index in [2.05, 4.69) is 15.2 Å². The minimum atomic E-state index is -0.331. The van der Waals surface area contributed by atoms with Crippen molar-refractivity contribution in [1.29, 1.82) is 0 Å². The Morgan fingerprint density at radius 2 is 1.96 bits per heavy atom. The number of carbonyl (C=O) groups is 1. The Bertz CT molecular complexity index is 860. The molecule has 1 aliphatic heterocycles. The average molecular weight is 319 g/mol. The second kappa shape index (κ2) is 5.88. The molecule has 3 aromatic rings. The highest BCUT2D eigenvalue weighted by Gasteiger charge is 2.33. The number of fused-ring (bicyclic) bond motifs is 1. The van der Waals surface area contributed by atoms with Crippen molar-refractivity contribution >= 4 is 5.91 Å². The molecule has 3 heterocycles. The van der Waals surface area contributed by atoms with Gasteiger partial charge in [-0.15, -0.1) is 10.2 Å². The van der Waals surface area contributed by atoms with Gasteiger partial charge in [-0.25, -0.2) is 0 Å². The van der Waals surface area contributed by atoms with Crippen molar-refractivity contribution in [3.05, 3.63) is 66.2 Å². The van der Waals surface area contributed by atoms with Crippen LogP contribution in [0.25, 0.3) is 11.4 Å². The maximum absolute atomic E-state index is 12.8. The van der Waals surface area contributed by atoms with Gasteiger partial charge in [0.05, 0.1) is 6.54 Å². The number of amides is 1. The third-order valence-corrected chi connectivity index (χ3v) is 4.29. The number of aromatic nitrogens is 4. The van der Waals surface area contributed by atoms with Crippen LogP contribution in [0.1, 0.15) is 24.4 Å². The second-order valence-corrected chi connectivity index (χ2v) is 5.91. The van der Waals surface area contributed by atoms with Gasteiger partial charge in [-0.3, -0.25) is 14.3 Å². The van der Waals surface area contributed by atoms with Crippen LogP contribution in [0.3, 0.4) is 0 Å². The van der Waals surface area contributed by atoms with Crippen LogP contribution in [-0.4, -0.2) is 30.6 Å². The van der Waals surface area contributed by atoms with Crippen LogP contribution >= 0.6 is 0 Å². The van der Waals surface area contributed by atoms with Crippen LogP contribution in [0.5, 0.6) is 0 Å². The number of pyridine rings is 1. The Kier molecular flexibility index (Phi) is 3.57. The lowest BCUT2D eigenvalue weighted by Crippen LogP contribution is -2.41. The van der Waals surface area contributed by atoms with Crippen molar-refractivity contribution < 1.29 is 4.79 Å². The van der Waals surface area contributed by atoms with Crippen LogP contribution in [0.15, 0.2) is 54.9 Å². The lowest BCUT2D eigenvalue weighted by Gasteiger charge is -2.32. The molecule has 6 nitrogen and oxygen atoms in total. The van der Waals surface area contributed by atoms with Gasteiger partial charge in [0, 0.05) is 24.5 Å². The summed E-state index contributed by atoms with van der Waals surface area (Å²) in [6.07, 6.45) is 3.46. The minimum Gasteiger partial charge on any atom is -0.329 e. The topological polar surface area (TPSA) is 63.9 Å². The zero-order chi connectivity index (χ0) is 16.5. The summed E-state index contributed by atoms with van der Waals surface area (Å²) in [4.78, 5) is 18.8. The molecule has 0 bridgehead atoms. The van der Waals surface area contributed by atoms with Gasteiger partial charge in [-0.05, 0) is 24.6 Å². The van der Waals surface area contributed by atoms with E-state index >= 15 is 0 Å². The summed E-state index contributed by atoms with van der Waals surface area (Å²) in [5.74, 6) is 1.58. The fourth-order valence-corrected chi connectivity index (χ4v) is 3.09. The smallest absolute Gasteiger partial charge is 0.246 e. The summed E-state index contributed by atoms with van der Waals surface area (Å²) in [5.41, 5.74) is 1.98. The van der Waals surface area contributed by atoms with Crippen molar-refractivity contribution in [2.24, 2.45) is 0 Å². The first kappa shape index (κ1) is 14.6. The van der Waals surface area contributed by atoms with Gasteiger partial charge in [0.2, 0.25) is 5.91 Å². The maximum atomic E-state index is 12.8. The molecule has 0 saturated heterocycles. The fraction of sp³-hybridized carbons (Fsp3) is 0.222. The number of carbonyl (C=O) groups excluding carboxylic acids is 1. The van der Waals surface area contributed by atoms with E-state index in [9.17, 15) is 4.79 Å². The van der Waals surface area contributed by atoms with Gasteiger partial charge in [0.1, 0.15) is 6.04 Å². The minimum absolute atomic E-state index is 0.0799. The number of hydrogen-bond acceptors (Lipinski definition) is 4. The highest BCUT2D eigenvalue weighted by molar-refractivity contribution is 5.82. The number of hydrogen-bond donors (Lipinski definition) is 0. The predicted octanol–water partition coefficient (Wildman–Crippen LogP) is 2.44. The molecular weight excluding hydrogens is 302 g/mol. The predicted molar refractivity (Wildman–Crippen MR) is 88.7 cm³/mol. The van der Waals surface area contributed by atoms with Gasteiger partial charge in [-0.1, -0.05) is 30.3 Å². The Balaban J connectivity index is 1.67. The molecule has 0 unspecified atom stereocenters. The molecule has 1 aliphatic rings. The molecule has 0 N–H and O–H groups in total. The molecule has 1 aromatic carbocycles. The number of nitrogens with zero attached hydrogens (tertiary/aromatic N) is 5. The maximum Gasteiger partial charge on any atom is 0.246 e. The number of rotatable bonds is 3. The highest BCUT2D eigenvalue weighted by atomic mass is 16.2. The molecule has 1 amide bonds. The van der Waals surface area contributed by atoms with Crippen molar-refractivity contribution in [2.45, 2.75) is 26.1 Å². The monoisotopic (exact) mass is 319 g/mol. The van der Waals surface area contributed by atoms with Gasteiger partial charge < -0.3 is 4.90 Å². The molecule has 0 radical (unpaired) electrons. The van der Waals surface area contributed by atoms with E-state index in [1.807, 2.05) is 58.9 Å². The summed E-state index contributed by atoms with van der Waals surface area (Å²) < 4.78 is 1.92. The average Bonchev–Trinajstić information content (AvgIpc) is 3.05. The summed E-state index contributed by atoms with van der Waals surface area (Å²) >= 11 is 0. The lowest BCUT2D eigenvalue weighted by atomic mass is 10.1. The van der Waals surface area contributed by atoms with Crippen molar-refractivity contribution in [3.63, 3.8) is 0 Å². The van der Waals surface area contributed by atoms with Crippen LogP contribution in [-0.2, 0) is 17.9 Å². The van der Waals surface area contributed by atoms with Crippen molar-refractivity contribution in [3.8, 4) is 11.4 Å². The largest absolute Gasteiger partial charge is 0.329 e. The van der Waals surface area contributed by atoms with Gasteiger partial charge in [0.25, 0.3) is 0 Å². The highest BCUT2D eigenvalue weighted by Crippen LogP contribution is 2.28. The second-order valence-electron chi connectivity index (χ2n) is 5.91. The Labute approximate surface area is 139 Å². The third-order valence-electron chi connectivity index (χ3n) is 4.29. The van der Waals surface area contributed by atoms with Crippen molar-refractivity contribution in [2.75, 3.05) is 0 Å². The van der Waals surface area contributed by atoms with Gasteiger partial charge in [-0.2, -0.15) is 0 Å². The van der Waals surface area contributed by atoms with E-state index in [1.54, 1.807) is 12.4 Å². The molecule has 0 saturated carbocycles. The van der Waals surface area contributed by atoms with E-state index in [0.29, 0.717) is 18.9 Å². The zero-order valence-corrected chi connectivity index (χ0v) is 13.3. The van der Waals surface area contributed by atoms with Crippen LogP contribution in [0.2, 0.25) is 0 Å². The summed E-state index contributed by atoms with van der Waals surface area (Å²) in [7, 11) is 0. The molecule has 4 rings (SSSR count). The van der Waals surface area contributed by atoms with E-state index in [4.69, 9.17) is 0 Å². The molecule has 2 aromatic heterocycles. The van der Waals surface area contributed by atoms with E-state index in [0.717, 1.165) is 17.0 Å². The van der Waals surface area contributed by atoms with E-state index in [-0.39, 0.29) is 11.9 Å². The number of benzene rings is 1. The molecule has 0 fully saturated rings. The molecule has 0 spiro atoms. The first-order chi connectivity index (χ1) is 11.7. The molecule has 1 atom stereocenters. The molecule has 120 valence electrons. The van der Waals surface area contributed by atoms with E-state index in [1.165, 1.54) is 0 Å². The molecule has 6 heteroatoms. The van der Waals surface area contributed by atoms with Crippen LogP contribution in [0.4, 0.5) is 0 Å². The van der Waals surface area contributed by atoms with Crippen LogP contribution in [0, 0.1) is 0 Å². The lowest BCUT2D eigenvalue weighted by molar-refractivity contribution is -0.137. The normalized spacial score (nSPS) is 17.0. The third kappa shape index (κ3) is 2.46.